The fourth-order valence-corrected chi connectivity index (χ4v) is 1.72. The van der Waals surface area contributed by atoms with E-state index in [1.54, 1.807) is 0 Å². The maximum absolute atomic E-state index is 5.63. The molecule has 1 saturated carbocycles. The van der Waals surface area contributed by atoms with Gasteiger partial charge in [-0.15, -0.1) is 0 Å². The zero-order chi connectivity index (χ0) is 13.0. The fraction of sp³-hybridized carbons (Fsp3) is 0.714. The smallest absolute Gasteiger partial charge is 0.218 e. The highest BCUT2D eigenvalue weighted by Gasteiger charge is 2.22. The second-order valence-electron chi connectivity index (χ2n) is 5.37. The van der Waals surface area contributed by atoms with Crippen LogP contribution in [0.25, 0.3) is 0 Å². The van der Waals surface area contributed by atoms with Gasteiger partial charge in [-0.1, -0.05) is 20.8 Å². The van der Waals surface area contributed by atoms with Crippen molar-refractivity contribution >= 4 is 5.82 Å². The molecule has 1 aromatic heterocycles. The minimum Gasteiger partial charge on any atom is -0.478 e. The van der Waals surface area contributed by atoms with Crippen LogP contribution in [0.3, 0.4) is 0 Å². The molecule has 1 aliphatic rings. The maximum Gasteiger partial charge on any atom is 0.218 e. The molecule has 1 aliphatic carbocycles. The van der Waals surface area contributed by atoms with Crippen LogP contribution in [0.1, 0.15) is 45.9 Å². The minimum atomic E-state index is 0.556. The summed E-state index contributed by atoms with van der Waals surface area (Å²) in [5.74, 6) is 3.04. The summed E-state index contributed by atoms with van der Waals surface area (Å²) in [5, 5.41) is 3.42. The Morgan fingerprint density at radius 2 is 2.17 bits per heavy atom. The summed E-state index contributed by atoms with van der Waals surface area (Å²) in [6.45, 7) is 7.16. The van der Waals surface area contributed by atoms with Crippen LogP contribution >= 0.6 is 0 Å². The molecule has 100 valence electrons. The van der Waals surface area contributed by atoms with E-state index in [0.717, 1.165) is 24.5 Å². The summed E-state index contributed by atoms with van der Waals surface area (Å²) in [4.78, 5) is 9.03. The molecule has 0 aliphatic heterocycles. The van der Waals surface area contributed by atoms with Crippen LogP contribution in [0.5, 0.6) is 5.88 Å². The first-order valence-electron chi connectivity index (χ1n) is 6.94. The highest BCUT2D eigenvalue weighted by Crippen LogP contribution is 2.25. The second-order valence-corrected chi connectivity index (χ2v) is 5.37. The normalized spacial score (nSPS) is 14.9. The largest absolute Gasteiger partial charge is 0.478 e. The maximum atomic E-state index is 5.63. The molecule has 18 heavy (non-hydrogen) atoms. The highest BCUT2D eigenvalue weighted by atomic mass is 16.5. The van der Waals surface area contributed by atoms with E-state index in [1.807, 2.05) is 6.07 Å². The van der Waals surface area contributed by atoms with Gasteiger partial charge in [0.05, 0.1) is 6.61 Å². The molecule has 1 fully saturated rings. The first kappa shape index (κ1) is 13.1. The lowest BCUT2D eigenvalue weighted by Gasteiger charge is -2.11. The highest BCUT2D eigenvalue weighted by molar-refractivity contribution is 5.40. The minimum absolute atomic E-state index is 0.556. The van der Waals surface area contributed by atoms with Crippen LogP contribution in [0.2, 0.25) is 0 Å². The zero-order valence-corrected chi connectivity index (χ0v) is 11.6. The third-order valence-electron chi connectivity index (χ3n) is 2.72. The predicted octanol–water partition coefficient (Wildman–Crippen LogP) is 3.04. The Morgan fingerprint density at radius 1 is 1.39 bits per heavy atom. The molecule has 0 unspecified atom stereocenters. The van der Waals surface area contributed by atoms with Crippen molar-refractivity contribution in [3.63, 3.8) is 0 Å². The topological polar surface area (TPSA) is 47.0 Å². The van der Waals surface area contributed by atoms with Crippen molar-refractivity contribution in [1.29, 1.82) is 0 Å². The predicted molar refractivity (Wildman–Crippen MR) is 73.0 cm³/mol. The molecule has 1 heterocycles. The van der Waals surface area contributed by atoms with Crippen molar-refractivity contribution in [3.05, 3.63) is 11.9 Å². The quantitative estimate of drug-likeness (QED) is 0.807. The van der Waals surface area contributed by atoms with E-state index < -0.39 is 0 Å². The van der Waals surface area contributed by atoms with Gasteiger partial charge in [0.1, 0.15) is 11.6 Å². The molecule has 0 bridgehead atoms. The van der Waals surface area contributed by atoms with Crippen molar-refractivity contribution in [3.8, 4) is 5.88 Å². The molecule has 0 amide bonds. The van der Waals surface area contributed by atoms with E-state index in [-0.39, 0.29) is 0 Å². The van der Waals surface area contributed by atoms with Crippen LogP contribution in [-0.2, 0) is 6.42 Å². The first-order chi connectivity index (χ1) is 8.67. The molecular weight excluding hydrogens is 226 g/mol. The van der Waals surface area contributed by atoms with Gasteiger partial charge in [-0.25, -0.2) is 4.98 Å². The monoisotopic (exact) mass is 249 g/mol. The number of anilines is 1. The van der Waals surface area contributed by atoms with Gasteiger partial charge in [0.2, 0.25) is 5.88 Å². The number of rotatable bonds is 7. The van der Waals surface area contributed by atoms with Gasteiger partial charge >= 0.3 is 0 Å². The Morgan fingerprint density at radius 3 is 2.78 bits per heavy atom. The Hall–Kier alpha value is -1.32. The third kappa shape index (κ3) is 4.17. The lowest BCUT2D eigenvalue weighted by Crippen LogP contribution is -2.09. The van der Waals surface area contributed by atoms with Crippen molar-refractivity contribution in [2.45, 2.75) is 52.5 Å². The number of nitrogens with one attached hydrogen (secondary N) is 1. The first-order valence-corrected chi connectivity index (χ1v) is 6.94. The summed E-state index contributed by atoms with van der Waals surface area (Å²) in [6, 6.07) is 2.52. The van der Waals surface area contributed by atoms with Crippen LogP contribution in [-0.4, -0.2) is 22.6 Å². The molecule has 4 nitrogen and oxygen atoms in total. The van der Waals surface area contributed by atoms with Crippen LogP contribution < -0.4 is 10.1 Å². The summed E-state index contributed by atoms with van der Waals surface area (Å²) in [5.41, 5.74) is 0. The molecule has 0 spiro atoms. The van der Waals surface area contributed by atoms with E-state index in [0.29, 0.717) is 24.4 Å². The molecule has 0 radical (unpaired) electrons. The Balaban J connectivity index is 2.10. The number of hydrogen-bond acceptors (Lipinski definition) is 4. The summed E-state index contributed by atoms with van der Waals surface area (Å²) < 4.78 is 5.63. The lowest BCUT2D eigenvalue weighted by atomic mass is 10.1. The van der Waals surface area contributed by atoms with Crippen molar-refractivity contribution < 1.29 is 4.74 Å². The summed E-state index contributed by atoms with van der Waals surface area (Å²) >= 11 is 0. The zero-order valence-electron chi connectivity index (χ0n) is 11.6. The molecule has 1 aromatic rings. The molecule has 0 aromatic carbocycles. The van der Waals surface area contributed by atoms with Gasteiger partial charge in [0.15, 0.2) is 0 Å². The number of hydrogen-bond donors (Lipinski definition) is 1. The molecule has 4 heteroatoms. The average Bonchev–Trinajstić information content (AvgIpc) is 3.09. The molecule has 1 N–H and O–H groups in total. The molecule has 2 rings (SSSR count). The van der Waals surface area contributed by atoms with E-state index in [4.69, 9.17) is 4.74 Å². The Labute approximate surface area is 109 Å². The number of ether oxygens (including phenoxy) is 1. The van der Waals surface area contributed by atoms with Crippen LogP contribution in [0, 0.1) is 5.92 Å². The van der Waals surface area contributed by atoms with E-state index in [1.165, 1.54) is 12.8 Å². The van der Waals surface area contributed by atoms with Gasteiger partial charge in [-0.3, -0.25) is 0 Å². The van der Waals surface area contributed by atoms with Gasteiger partial charge < -0.3 is 10.1 Å². The Bertz CT molecular complexity index is 366. The lowest BCUT2D eigenvalue weighted by molar-refractivity contribution is 0.303. The molecular formula is C14H23N3O. The van der Waals surface area contributed by atoms with Gasteiger partial charge in [0, 0.05) is 18.5 Å². The average molecular weight is 249 g/mol. The van der Waals surface area contributed by atoms with E-state index in [9.17, 15) is 0 Å². The third-order valence-corrected chi connectivity index (χ3v) is 2.72. The second kappa shape index (κ2) is 6.03. The fourth-order valence-electron chi connectivity index (χ4n) is 1.72. The Kier molecular flexibility index (Phi) is 4.39. The molecule has 0 saturated heterocycles. The summed E-state index contributed by atoms with van der Waals surface area (Å²) in [6.07, 6.45) is 4.38. The number of nitrogens with zero attached hydrogens (tertiary/aromatic N) is 2. The van der Waals surface area contributed by atoms with Crippen LogP contribution in [0.15, 0.2) is 6.07 Å². The van der Waals surface area contributed by atoms with Crippen molar-refractivity contribution in [2.24, 2.45) is 5.92 Å². The summed E-state index contributed by atoms with van der Waals surface area (Å²) in [7, 11) is 0. The van der Waals surface area contributed by atoms with Gasteiger partial charge in [-0.2, -0.15) is 4.98 Å². The van der Waals surface area contributed by atoms with Gasteiger partial charge in [-0.05, 0) is 25.2 Å². The number of aromatic nitrogens is 2. The van der Waals surface area contributed by atoms with Crippen LogP contribution in [0.4, 0.5) is 5.82 Å². The molecule has 0 atom stereocenters. The van der Waals surface area contributed by atoms with E-state index >= 15 is 0 Å². The van der Waals surface area contributed by atoms with Crippen molar-refractivity contribution in [2.75, 3.05) is 11.9 Å². The van der Waals surface area contributed by atoms with E-state index in [2.05, 4.69) is 36.1 Å². The standard InChI is InChI=1S/C14H23N3O/c1-4-7-18-14-9-13(15-11-5-6-11)16-12(17-14)8-10(2)3/h9-11H,4-8H2,1-3H3,(H,15,16,17). The van der Waals surface area contributed by atoms with Crippen molar-refractivity contribution in [1.82, 2.24) is 9.97 Å². The SMILES string of the molecule is CCCOc1cc(NC2CC2)nc(CC(C)C)n1. The van der Waals surface area contributed by atoms with Gasteiger partial charge in [0.25, 0.3) is 0 Å².